The molecule has 0 radical (unpaired) electrons. The zero-order chi connectivity index (χ0) is 21.6. The number of carbonyl (C=O) groups excluding carboxylic acids is 1. The Labute approximate surface area is 182 Å². The van der Waals surface area contributed by atoms with E-state index in [1.54, 1.807) is 7.11 Å². The Bertz CT molecular complexity index is 1040. The number of nitrogens with zero attached hydrogens (tertiary/aromatic N) is 4. The molecule has 0 aliphatic heterocycles. The first-order valence-corrected chi connectivity index (χ1v) is 11.4. The number of hydrogen-bond donors (Lipinski definition) is 2. The Morgan fingerprint density at radius 1 is 1.19 bits per heavy atom. The Kier molecular flexibility index (Phi) is 6.84. The van der Waals surface area contributed by atoms with E-state index in [0.29, 0.717) is 18.8 Å². The molecule has 1 aliphatic rings. The maximum atomic E-state index is 12.0. The van der Waals surface area contributed by atoms with E-state index >= 15 is 0 Å². The molecule has 8 heteroatoms. The van der Waals surface area contributed by atoms with Crippen molar-refractivity contribution >= 4 is 28.4 Å². The van der Waals surface area contributed by atoms with Gasteiger partial charge in [-0.2, -0.15) is 0 Å². The molecule has 31 heavy (non-hydrogen) atoms. The van der Waals surface area contributed by atoms with Crippen LogP contribution in [-0.2, 0) is 4.79 Å². The third kappa shape index (κ3) is 5.06. The summed E-state index contributed by atoms with van der Waals surface area (Å²) in [5.41, 5.74) is 2.49. The van der Waals surface area contributed by atoms with Gasteiger partial charge in [0, 0.05) is 25.6 Å². The number of benzene rings is 1. The summed E-state index contributed by atoms with van der Waals surface area (Å²) in [6.45, 7) is 3.40. The number of rotatable bonds is 10. The molecule has 0 bridgehead atoms. The van der Waals surface area contributed by atoms with Crippen molar-refractivity contribution < 1.29 is 9.53 Å². The van der Waals surface area contributed by atoms with E-state index in [-0.39, 0.29) is 5.91 Å². The second-order valence-corrected chi connectivity index (χ2v) is 8.39. The van der Waals surface area contributed by atoms with E-state index in [1.807, 2.05) is 29.5 Å². The molecule has 2 heterocycles. The zero-order valence-electron chi connectivity index (χ0n) is 18.5. The van der Waals surface area contributed by atoms with E-state index in [0.717, 1.165) is 60.0 Å². The number of unbranched alkanes of at least 4 members (excludes halogenated alkanes) is 1. The molecule has 0 spiro atoms. The first kappa shape index (κ1) is 21.3. The molecule has 1 fully saturated rings. The number of ether oxygens (including phenoxy) is 1. The van der Waals surface area contributed by atoms with E-state index in [9.17, 15) is 4.79 Å². The number of anilines is 1. The molecular formula is C23H32N6O2. The van der Waals surface area contributed by atoms with Gasteiger partial charge in [0.1, 0.15) is 11.6 Å². The summed E-state index contributed by atoms with van der Waals surface area (Å²) >= 11 is 0. The summed E-state index contributed by atoms with van der Waals surface area (Å²) in [6, 6.07) is 5.81. The molecule has 8 nitrogen and oxygen atoms in total. The third-order valence-electron chi connectivity index (χ3n) is 6.16. The standard InChI is InChI=1S/C23H32N6O2/c1-16-27-28-23-22(26-19-15-18(31-2)10-11-20(19)29(16)23)25-14-6-5-13-24-21(30)12-9-17-7-3-4-8-17/h10-11,15,17H,3-9,12-14H2,1-2H3,(H,24,30)(H,25,26). The summed E-state index contributed by atoms with van der Waals surface area (Å²) in [5.74, 6) is 3.24. The van der Waals surface area contributed by atoms with Crippen molar-refractivity contribution in [3.63, 3.8) is 0 Å². The lowest BCUT2D eigenvalue weighted by Crippen LogP contribution is -2.25. The molecule has 1 aromatic carbocycles. The summed E-state index contributed by atoms with van der Waals surface area (Å²) in [5, 5.41) is 15.0. The molecule has 2 N–H and O–H groups in total. The Balaban J connectivity index is 1.28. The molecule has 166 valence electrons. The molecule has 1 amide bonds. The number of aryl methyl sites for hydroxylation is 1. The van der Waals surface area contributed by atoms with Crippen LogP contribution in [0, 0.1) is 12.8 Å². The van der Waals surface area contributed by atoms with Gasteiger partial charge in [-0.1, -0.05) is 25.7 Å². The number of fused-ring (bicyclic) bond motifs is 3. The fraction of sp³-hybridized carbons (Fsp3) is 0.565. The molecule has 0 unspecified atom stereocenters. The summed E-state index contributed by atoms with van der Waals surface area (Å²) in [7, 11) is 1.65. The number of carbonyl (C=O) groups is 1. The van der Waals surface area contributed by atoms with Gasteiger partial charge in [0.25, 0.3) is 0 Å². The van der Waals surface area contributed by atoms with E-state index in [4.69, 9.17) is 9.72 Å². The first-order chi connectivity index (χ1) is 15.2. The second-order valence-electron chi connectivity index (χ2n) is 8.39. The molecule has 0 saturated heterocycles. The van der Waals surface area contributed by atoms with E-state index < -0.39 is 0 Å². The topological polar surface area (TPSA) is 93.4 Å². The van der Waals surface area contributed by atoms with Gasteiger partial charge >= 0.3 is 0 Å². The van der Waals surface area contributed by atoms with Crippen LogP contribution in [0.4, 0.5) is 5.82 Å². The van der Waals surface area contributed by atoms with E-state index in [2.05, 4.69) is 20.8 Å². The van der Waals surface area contributed by atoms with Crippen molar-refractivity contribution in [3.05, 3.63) is 24.0 Å². The number of hydrogen-bond acceptors (Lipinski definition) is 6. The van der Waals surface area contributed by atoms with Crippen LogP contribution in [0.5, 0.6) is 5.75 Å². The van der Waals surface area contributed by atoms with Crippen LogP contribution in [0.3, 0.4) is 0 Å². The van der Waals surface area contributed by atoms with E-state index in [1.165, 1.54) is 25.7 Å². The van der Waals surface area contributed by atoms with Gasteiger partial charge in [0.15, 0.2) is 5.82 Å². The Morgan fingerprint density at radius 3 is 2.81 bits per heavy atom. The van der Waals surface area contributed by atoms with Gasteiger partial charge in [-0.3, -0.25) is 9.20 Å². The van der Waals surface area contributed by atoms with Crippen molar-refractivity contribution in [1.82, 2.24) is 24.9 Å². The maximum Gasteiger partial charge on any atom is 0.220 e. The predicted molar refractivity (Wildman–Crippen MR) is 122 cm³/mol. The average Bonchev–Trinajstić information content (AvgIpc) is 3.44. The van der Waals surface area contributed by atoms with Crippen LogP contribution in [0.1, 0.15) is 57.2 Å². The van der Waals surface area contributed by atoms with Crippen LogP contribution in [-0.4, -0.2) is 45.7 Å². The second kappa shape index (κ2) is 9.94. The molecule has 2 aromatic heterocycles. The summed E-state index contributed by atoms with van der Waals surface area (Å²) in [6.07, 6.45) is 8.82. The van der Waals surface area contributed by atoms with Gasteiger partial charge in [0.05, 0.1) is 18.1 Å². The Hall–Kier alpha value is -2.90. The molecule has 1 saturated carbocycles. The quantitative estimate of drug-likeness (QED) is 0.480. The summed E-state index contributed by atoms with van der Waals surface area (Å²) < 4.78 is 7.35. The number of amides is 1. The van der Waals surface area contributed by atoms with Crippen molar-refractivity contribution in [2.24, 2.45) is 5.92 Å². The lowest BCUT2D eigenvalue weighted by Gasteiger charge is -2.11. The lowest BCUT2D eigenvalue weighted by molar-refractivity contribution is -0.121. The lowest BCUT2D eigenvalue weighted by atomic mass is 10.0. The first-order valence-electron chi connectivity index (χ1n) is 11.4. The van der Waals surface area contributed by atoms with Crippen molar-refractivity contribution in [2.75, 3.05) is 25.5 Å². The van der Waals surface area contributed by atoms with Crippen LogP contribution in [0.25, 0.3) is 16.7 Å². The monoisotopic (exact) mass is 424 g/mol. The number of methoxy groups -OCH3 is 1. The largest absolute Gasteiger partial charge is 0.497 e. The Morgan fingerprint density at radius 2 is 2.00 bits per heavy atom. The fourth-order valence-electron chi connectivity index (χ4n) is 4.41. The van der Waals surface area contributed by atoms with Gasteiger partial charge in [0.2, 0.25) is 11.6 Å². The highest BCUT2D eigenvalue weighted by molar-refractivity contribution is 5.84. The highest BCUT2D eigenvalue weighted by Gasteiger charge is 2.16. The smallest absolute Gasteiger partial charge is 0.220 e. The van der Waals surface area contributed by atoms with Crippen molar-refractivity contribution in [2.45, 2.75) is 58.3 Å². The minimum Gasteiger partial charge on any atom is -0.497 e. The predicted octanol–water partition coefficient (Wildman–Crippen LogP) is 3.87. The number of aromatic nitrogens is 4. The highest BCUT2D eigenvalue weighted by Crippen LogP contribution is 2.28. The third-order valence-corrected chi connectivity index (χ3v) is 6.16. The van der Waals surface area contributed by atoms with Crippen molar-refractivity contribution in [1.29, 1.82) is 0 Å². The van der Waals surface area contributed by atoms with Crippen LogP contribution < -0.4 is 15.4 Å². The normalized spacial score (nSPS) is 14.4. The molecule has 4 rings (SSSR count). The van der Waals surface area contributed by atoms with Gasteiger partial charge in [-0.05, 0) is 44.2 Å². The maximum absolute atomic E-state index is 12.0. The van der Waals surface area contributed by atoms with Crippen molar-refractivity contribution in [3.8, 4) is 5.75 Å². The average molecular weight is 425 g/mol. The molecular weight excluding hydrogens is 392 g/mol. The van der Waals surface area contributed by atoms with Gasteiger partial charge in [-0.25, -0.2) is 4.98 Å². The highest BCUT2D eigenvalue weighted by atomic mass is 16.5. The molecule has 0 atom stereocenters. The molecule has 3 aromatic rings. The zero-order valence-corrected chi connectivity index (χ0v) is 18.5. The molecule has 1 aliphatic carbocycles. The summed E-state index contributed by atoms with van der Waals surface area (Å²) in [4.78, 5) is 16.8. The number of nitrogens with one attached hydrogen (secondary N) is 2. The van der Waals surface area contributed by atoms with Crippen LogP contribution in [0.15, 0.2) is 18.2 Å². The van der Waals surface area contributed by atoms with Gasteiger partial charge < -0.3 is 15.4 Å². The van der Waals surface area contributed by atoms with Crippen LogP contribution in [0.2, 0.25) is 0 Å². The van der Waals surface area contributed by atoms with Gasteiger partial charge in [-0.15, -0.1) is 10.2 Å². The van der Waals surface area contributed by atoms with Crippen LogP contribution >= 0.6 is 0 Å². The SMILES string of the molecule is COc1ccc2c(c1)nc(NCCCCNC(=O)CCC1CCCC1)c1nnc(C)n12. The minimum atomic E-state index is 0.186. The minimum absolute atomic E-state index is 0.186. The fourth-order valence-corrected chi connectivity index (χ4v) is 4.41.